The van der Waals surface area contributed by atoms with Crippen molar-refractivity contribution >= 4 is 0 Å². The van der Waals surface area contributed by atoms with E-state index in [0.29, 0.717) is 12.5 Å². The number of unbranched alkanes of at least 4 members (excludes halogenated alkanes) is 4. The van der Waals surface area contributed by atoms with Crippen molar-refractivity contribution in [1.29, 1.82) is 0 Å². The normalized spacial score (nSPS) is 14.2. The molecule has 2 N–H and O–H groups in total. The fourth-order valence-corrected chi connectivity index (χ4v) is 3.51. The van der Waals surface area contributed by atoms with Gasteiger partial charge in [0.2, 0.25) is 0 Å². The average molecular weight is 653 g/mol. The van der Waals surface area contributed by atoms with E-state index in [1.807, 2.05) is 18.2 Å². The van der Waals surface area contributed by atoms with Crippen LogP contribution in [0, 0.1) is 18.8 Å². The maximum atomic E-state index is 5.46. The summed E-state index contributed by atoms with van der Waals surface area (Å²) in [7, 11) is 0. The molecule has 1 aromatic rings. The summed E-state index contributed by atoms with van der Waals surface area (Å²) in [5.41, 5.74) is 9.20. The second-order valence-corrected chi connectivity index (χ2v) is 10.0. The zero-order chi connectivity index (χ0) is 25.4. The van der Waals surface area contributed by atoms with Crippen LogP contribution in [0.5, 0.6) is 0 Å². The number of aryl methyl sites for hydroxylation is 1. The van der Waals surface area contributed by atoms with Gasteiger partial charge in [0.05, 0.1) is 0 Å². The van der Waals surface area contributed by atoms with Crippen LogP contribution in [0.3, 0.4) is 0 Å². The van der Waals surface area contributed by atoms with E-state index in [0.717, 1.165) is 17.9 Å². The molecule has 0 saturated heterocycles. The van der Waals surface area contributed by atoms with Crippen molar-refractivity contribution in [3.05, 3.63) is 66.6 Å². The molecule has 0 radical (unpaired) electrons. The first-order valence-electron chi connectivity index (χ1n) is 14.5. The summed E-state index contributed by atoms with van der Waals surface area (Å²) < 4.78 is 0. The monoisotopic (exact) mass is 652 g/mol. The second-order valence-electron chi connectivity index (χ2n) is 10.0. The van der Waals surface area contributed by atoms with Gasteiger partial charge in [0.1, 0.15) is 0 Å². The Morgan fingerprint density at radius 1 is 0.943 bits per heavy atom. The second kappa shape index (κ2) is 26.3. The molecular weight excluding hydrogens is 594 g/mol. The predicted molar refractivity (Wildman–Crippen MR) is 156 cm³/mol. The quantitative estimate of drug-likeness (QED) is 0.128. The van der Waals surface area contributed by atoms with Crippen LogP contribution in [0.4, 0.5) is 0 Å². The molecule has 0 spiro atoms. The summed E-state index contributed by atoms with van der Waals surface area (Å²) in [5.74, 6) is 1.73. The molecule has 0 bridgehead atoms. The van der Waals surface area contributed by atoms with E-state index in [-0.39, 0.29) is 21.1 Å². The molecule has 2 saturated carbocycles. The maximum Gasteiger partial charge on any atom is 0.0110 e. The Morgan fingerprint density at radius 3 is 1.91 bits per heavy atom. The van der Waals surface area contributed by atoms with Crippen molar-refractivity contribution in [2.75, 3.05) is 6.54 Å². The summed E-state index contributed by atoms with van der Waals surface area (Å²) in [4.78, 5) is 0. The number of benzene rings is 1. The summed E-state index contributed by atoms with van der Waals surface area (Å²) in [5, 5.41) is 0. The Hall–Kier alpha value is -0.782. The van der Waals surface area contributed by atoms with E-state index in [1.54, 1.807) is 0 Å². The van der Waals surface area contributed by atoms with Crippen molar-refractivity contribution in [3.8, 4) is 0 Å². The van der Waals surface area contributed by atoms with Crippen molar-refractivity contribution in [3.63, 3.8) is 0 Å². The molecule has 0 aromatic heterocycles. The molecule has 0 heterocycles. The summed E-state index contributed by atoms with van der Waals surface area (Å²) >= 11 is 0. The van der Waals surface area contributed by atoms with Crippen molar-refractivity contribution in [2.45, 2.75) is 124 Å². The summed E-state index contributed by atoms with van der Waals surface area (Å²) in [6.45, 7) is 17.5. The van der Waals surface area contributed by atoms with Gasteiger partial charge in [-0.15, -0.1) is 12.1 Å². The number of hydrogen-bond donors (Lipinski definition) is 1. The third kappa shape index (κ3) is 26.1. The first-order valence-corrected chi connectivity index (χ1v) is 14.5. The predicted octanol–water partition coefficient (Wildman–Crippen LogP) is 10.2. The van der Waals surface area contributed by atoms with Crippen LogP contribution in [0.2, 0.25) is 0 Å². The van der Waals surface area contributed by atoms with E-state index in [9.17, 15) is 0 Å². The number of allylic oxidation sites excluding steroid dienone is 2. The van der Waals surface area contributed by atoms with Crippen molar-refractivity contribution < 1.29 is 21.1 Å². The van der Waals surface area contributed by atoms with Gasteiger partial charge in [-0.05, 0) is 37.5 Å². The molecule has 3 rings (SSSR count). The topological polar surface area (TPSA) is 26.0 Å². The van der Waals surface area contributed by atoms with Gasteiger partial charge in [-0.2, -0.15) is 24.6 Å². The van der Waals surface area contributed by atoms with Gasteiger partial charge < -0.3 is 5.73 Å². The maximum absolute atomic E-state index is 5.46. The molecule has 0 amide bonds. The van der Waals surface area contributed by atoms with Gasteiger partial charge in [0, 0.05) is 27.6 Å². The molecule has 1 atom stereocenters. The molecular formula is C33H58NW-. The molecule has 0 aliphatic heterocycles. The van der Waals surface area contributed by atoms with Gasteiger partial charge in [-0.3, -0.25) is 0 Å². The minimum Gasteiger partial charge on any atom is -0.327 e. The van der Waals surface area contributed by atoms with E-state index < -0.39 is 0 Å². The minimum absolute atomic E-state index is 0. The Labute approximate surface area is 235 Å². The average Bonchev–Trinajstić information content (AvgIpc) is 3.75. The van der Waals surface area contributed by atoms with Gasteiger partial charge >= 0.3 is 0 Å². The fourth-order valence-electron chi connectivity index (χ4n) is 3.51. The molecule has 2 aliphatic carbocycles. The van der Waals surface area contributed by atoms with Crippen LogP contribution in [-0.2, 0) is 27.5 Å². The van der Waals surface area contributed by atoms with Crippen LogP contribution in [0.25, 0.3) is 0 Å². The minimum atomic E-state index is 0. The number of rotatable bonds is 13. The third-order valence-electron chi connectivity index (χ3n) is 6.24. The molecule has 202 valence electrons. The Morgan fingerprint density at radius 2 is 1.51 bits per heavy atom. The smallest absolute Gasteiger partial charge is 0.0110 e. The van der Waals surface area contributed by atoms with Gasteiger partial charge in [-0.1, -0.05) is 128 Å². The largest absolute Gasteiger partial charge is 0.327 e. The number of nitrogens with two attached hydrogens (primary N) is 1. The van der Waals surface area contributed by atoms with Crippen LogP contribution in [0.15, 0.2) is 48.6 Å². The van der Waals surface area contributed by atoms with Crippen LogP contribution in [0.1, 0.15) is 129 Å². The Balaban J connectivity index is 0. The van der Waals surface area contributed by atoms with Gasteiger partial charge in [0.25, 0.3) is 0 Å². The van der Waals surface area contributed by atoms with E-state index >= 15 is 0 Å². The van der Waals surface area contributed by atoms with Gasteiger partial charge in [0.15, 0.2) is 0 Å². The Bertz CT molecular complexity index is 591. The first-order chi connectivity index (χ1) is 16.5. The zero-order valence-corrected chi connectivity index (χ0v) is 26.8. The molecule has 1 nitrogen and oxygen atoms in total. The zero-order valence-electron chi connectivity index (χ0n) is 23.8. The molecule has 2 aliphatic rings. The standard InChI is InChI=1S/C14H25N.C9H11.C7H16.C3H6.W/c1-3-5-14(10-9-13-7-8-13)12(2)6-4-11-15;1-3-9-6-4-8(2)5-7-9;1-3-5-7-6-4-2;1-2-3-1;/h4,6,13-14H,2-3,5,7-11,15H2,1H3;4-7H,2-3H2,1H3;3-7H2,1-2H3;1-3H2;/q;-1;;;/b6-4-;;;;. The third-order valence-corrected chi connectivity index (χ3v) is 6.24. The van der Waals surface area contributed by atoms with Gasteiger partial charge in [-0.25, -0.2) is 0 Å². The van der Waals surface area contributed by atoms with E-state index in [1.165, 1.54) is 101 Å². The molecule has 1 unspecified atom stereocenters. The molecule has 2 fully saturated rings. The molecule has 1 aromatic carbocycles. The van der Waals surface area contributed by atoms with Crippen molar-refractivity contribution in [1.82, 2.24) is 0 Å². The fraction of sp³-hybridized carbons (Fsp3) is 0.667. The molecule has 35 heavy (non-hydrogen) atoms. The summed E-state index contributed by atoms with van der Waals surface area (Å²) in [6.07, 6.45) is 24.9. The van der Waals surface area contributed by atoms with Crippen LogP contribution in [-0.4, -0.2) is 6.54 Å². The number of hydrogen-bond acceptors (Lipinski definition) is 1. The van der Waals surface area contributed by atoms with Crippen LogP contribution >= 0.6 is 0 Å². The summed E-state index contributed by atoms with van der Waals surface area (Å²) in [6, 6.07) is 8.31. The van der Waals surface area contributed by atoms with E-state index in [2.05, 4.69) is 59.4 Å². The Kier molecular flexibility index (Phi) is 27.3. The van der Waals surface area contributed by atoms with Crippen LogP contribution < -0.4 is 5.73 Å². The SMILES string of the molecule is C1CC1.C=C(/C=C\CN)C(CCC)CCC1CC1.CCCCCCC.[CH2-]c1ccc(CC)cc1.[W]. The molecule has 2 heteroatoms. The van der Waals surface area contributed by atoms with Crippen molar-refractivity contribution in [2.24, 2.45) is 17.6 Å². The van der Waals surface area contributed by atoms with E-state index in [4.69, 9.17) is 5.73 Å². The first kappa shape index (κ1) is 36.4.